The molecule has 3 nitrogen and oxygen atoms in total. The van der Waals surface area contributed by atoms with Gasteiger partial charge in [0.15, 0.2) is 11.5 Å². The smallest absolute Gasteiger partial charge is 0.162 e. The monoisotopic (exact) mass is 339 g/mol. The van der Waals surface area contributed by atoms with Crippen LogP contribution in [0, 0.1) is 0 Å². The van der Waals surface area contributed by atoms with Gasteiger partial charge in [0.1, 0.15) is 0 Å². The van der Waals surface area contributed by atoms with Crippen LogP contribution in [0.3, 0.4) is 0 Å². The molecule has 0 fully saturated rings. The summed E-state index contributed by atoms with van der Waals surface area (Å²) >= 11 is 8.11. The van der Waals surface area contributed by atoms with Gasteiger partial charge in [0, 0.05) is 29.1 Å². The number of thiophene rings is 1. The van der Waals surface area contributed by atoms with Crippen molar-refractivity contribution in [3.63, 3.8) is 0 Å². The topological polar surface area (TPSA) is 30.5 Å². The van der Waals surface area contributed by atoms with Gasteiger partial charge in [-0.25, -0.2) is 0 Å². The molecule has 1 N–H and O–H groups in total. The predicted octanol–water partition coefficient (Wildman–Crippen LogP) is 4.88. The largest absolute Gasteiger partial charge is 0.490 e. The van der Waals surface area contributed by atoms with Crippen LogP contribution in [0.4, 0.5) is 0 Å². The second-order valence-electron chi connectivity index (χ2n) is 4.85. The average Bonchev–Trinajstić information content (AvgIpc) is 3.02. The molecule has 0 unspecified atom stereocenters. The fourth-order valence-corrected chi connectivity index (χ4v) is 2.93. The highest BCUT2D eigenvalue weighted by molar-refractivity contribution is 7.09. The first-order chi connectivity index (χ1) is 10.7. The van der Waals surface area contributed by atoms with E-state index in [1.807, 2.05) is 19.1 Å². The van der Waals surface area contributed by atoms with E-state index >= 15 is 0 Å². The van der Waals surface area contributed by atoms with E-state index in [1.165, 1.54) is 4.88 Å². The van der Waals surface area contributed by atoms with E-state index in [0.717, 1.165) is 30.0 Å². The van der Waals surface area contributed by atoms with Crippen LogP contribution in [0.15, 0.2) is 29.6 Å². The SMILES string of the molecule is CCCOc1cc(Cl)c(CNCc2cccs2)cc1OCC. The molecule has 1 aromatic heterocycles. The minimum atomic E-state index is 0.603. The zero-order valence-corrected chi connectivity index (χ0v) is 14.6. The number of hydrogen-bond donors (Lipinski definition) is 1. The van der Waals surface area contributed by atoms with Gasteiger partial charge >= 0.3 is 0 Å². The maximum Gasteiger partial charge on any atom is 0.162 e. The van der Waals surface area contributed by atoms with Crippen molar-refractivity contribution >= 4 is 22.9 Å². The number of hydrogen-bond acceptors (Lipinski definition) is 4. The lowest BCUT2D eigenvalue weighted by Crippen LogP contribution is -2.12. The second-order valence-corrected chi connectivity index (χ2v) is 6.29. The Balaban J connectivity index is 2.04. The van der Waals surface area contributed by atoms with Crippen LogP contribution in [0.5, 0.6) is 11.5 Å². The van der Waals surface area contributed by atoms with Crippen molar-refractivity contribution in [2.45, 2.75) is 33.4 Å². The van der Waals surface area contributed by atoms with E-state index in [2.05, 4.69) is 29.8 Å². The molecular formula is C17H22ClNO2S. The molecule has 2 rings (SSSR count). The summed E-state index contributed by atoms with van der Waals surface area (Å²) < 4.78 is 11.4. The summed E-state index contributed by atoms with van der Waals surface area (Å²) in [4.78, 5) is 1.31. The van der Waals surface area contributed by atoms with Gasteiger partial charge in [-0.15, -0.1) is 11.3 Å². The van der Waals surface area contributed by atoms with Crippen LogP contribution < -0.4 is 14.8 Å². The Hall–Kier alpha value is -1.23. The Bertz CT molecular complexity index is 572. The Morgan fingerprint density at radius 2 is 1.95 bits per heavy atom. The highest BCUT2D eigenvalue weighted by Gasteiger charge is 2.11. The lowest BCUT2D eigenvalue weighted by Gasteiger charge is -2.15. The molecule has 0 spiro atoms. The van der Waals surface area contributed by atoms with Gasteiger partial charge in [-0.05, 0) is 36.4 Å². The molecule has 0 atom stereocenters. The molecule has 0 bridgehead atoms. The van der Waals surface area contributed by atoms with Gasteiger partial charge in [0.05, 0.1) is 13.2 Å². The van der Waals surface area contributed by atoms with Crippen LogP contribution in [0.2, 0.25) is 5.02 Å². The number of nitrogens with one attached hydrogen (secondary N) is 1. The van der Waals surface area contributed by atoms with Gasteiger partial charge in [-0.2, -0.15) is 0 Å². The first-order valence-corrected chi connectivity index (χ1v) is 8.81. The zero-order valence-electron chi connectivity index (χ0n) is 13.0. The summed E-state index contributed by atoms with van der Waals surface area (Å²) in [6, 6.07) is 8.00. The highest BCUT2D eigenvalue weighted by atomic mass is 35.5. The van der Waals surface area contributed by atoms with Gasteiger partial charge in [0.25, 0.3) is 0 Å². The van der Waals surface area contributed by atoms with Crippen LogP contribution in [0.25, 0.3) is 0 Å². The molecule has 0 saturated heterocycles. The number of halogens is 1. The van der Waals surface area contributed by atoms with Crippen LogP contribution >= 0.6 is 22.9 Å². The maximum absolute atomic E-state index is 6.37. The zero-order chi connectivity index (χ0) is 15.8. The summed E-state index contributed by atoms with van der Waals surface area (Å²) in [7, 11) is 0. The van der Waals surface area contributed by atoms with Gasteiger partial charge < -0.3 is 14.8 Å². The number of ether oxygens (including phenoxy) is 2. The second kappa shape index (κ2) is 9.03. The van der Waals surface area contributed by atoms with Crippen molar-refractivity contribution < 1.29 is 9.47 Å². The lowest BCUT2D eigenvalue weighted by atomic mass is 10.2. The van der Waals surface area contributed by atoms with Crippen molar-refractivity contribution in [3.8, 4) is 11.5 Å². The summed E-state index contributed by atoms with van der Waals surface area (Å²) in [6.45, 7) is 6.84. The molecule has 120 valence electrons. The summed E-state index contributed by atoms with van der Waals surface area (Å²) in [6.07, 6.45) is 0.952. The highest BCUT2D eigenvalue weighted by Crippen LogP contribution is 2.33. The summed E-state index contributed by atoms with van der Waals surface area (Å²) in [5.74, 6) is 1.48. The van der Waals surface area contributed by atoms with Crippen LogP contribution in [0.1, 0.15) is 30.7 Å². The molecule has 0 aliphatic heterocycles. The minimum absolute atomic E-state index is 0.603. The molecule has 0 aliphatic rings. The van der Waals surface area contributed by atoms with Crippen molar-refractivity contribution in [3.05, 3.63) is 45.1 Å². The maximum atomic E-state index is 6.37. The van der Waals surface area contributed by atoms with Crippen molar-refractivity contribution in [1.29, 1.82) is 0 Å². The van der Waals surface area contributed by atoms with Gasteiger partial charge in [0.2, 0.25) is 0 Å². The fraction of sp³-hybridized carbons (Fsp3) is 0.412. The molecule has 0 aliphatic carbocycles. The van der Waals surface area contributed by atoms with E-state index in [0.29, 0.717) is 24.8 Å². The Kier molecular flexibility index (Phi) is 7.03. The van der Waals surface area contributed by atoms with E-state index in [4.69, 9.17) is 21.1 Å². The molecule has 2 aromatic rings. The number of benzene rings is 1. The first-order valence-electron chi connectivity index (χ1n) is 7.55. The lowest BCUT2D eigenvalue weighted by molar-refractivity contribution is 0.276. The molecule has 0 saturated carbocycles. The summed E-state index contributed by atoms with van der Waals surface area (Å²) in [5.41, 5.74) is 1.02. The van der Waals surface area contributed by atoms with E-state index < -0.39 is 0 Å². The van der Waals surface area contributed by atoms with Crippen LogP contribution in [-0.2, 0) is 13.1 Å². The van der Waals surface area contributed by atoms with Crippen LogP contribution in [-0.4, -0.2) is 13.2 Å². The first kappa shape index (κ1) is 17.1. The molecule has 0 radical (unpaired) electrons. The average molecular weight is 340 g/mol. The third kappa shape index (κ3) is 4.90. The van der Waals surface area contributed by atoms with E-state index in [1.54, 1.807) is 11.3 Å². The van der Waals surface area contributed by atoms with Gasteiger partial charge in [-0.3, -0.25) is 0 Å². The number of rotatable bonds is 9. The Morgan fingerprint density at radius 1 is 1.14 bits per heavy atom. The standard InChI is InChI=1S/C17H22ClNO2S/c1-3-7-21-17-10-15(18)13(9-16(17)20-4-2)11-19-12-14-6-5-8-22-14/h5-6,8-10,19H,3-4,7,11-12H2,1-2H3. The minimum Gasteiger partial charge on any atom is -0.490 e. The van der Waals surface area contributed by atoms with E-state index in [-0.39, 0.29) is 0 Å². The fourth-order valence-electron chi connectivity index (χ4n) is 2.04. The molecule has 1 aromatic carbocycles. The van der Waals surface area contributed by atoms with Crippen molar-refractivity contribution in [2.24, 2.45) is 0 Å². The Morgan fingerprint density at radius 3 is 2.64 bits per heavy atom. The molecule has 1 heterocycles. The predicted molar refractivity (Wildman–Crippen MR) is 93.3 cm³/mol. The normalized spacial score (nSPS) is 10.7. The Labute approximate surface area is 141 Å². The van der Waals surface area contributed by atoms with Gasteiger partial charge in [-0.1, -0.05) is 24.6 Å². The quantitative estimate of drug-likeness (QED) is 0.706. The van der Waals surface area contributed by atoms with E-state index in [9.17, 15) is 0 Å². The third-order valence-electron chi connectivity index (χ3n) is 3.07. The third-order valence-corrected chi connectivity index (χ3v) is 4.30. The molecular weight excluding hydrogens is 318 g/mol. The molecule has 0 amide bonds. The molecule has 5 heteroatoms. The molecule has 22 heavy (non-hydrogen) atoms. The van der Waals surface area contributed by atoms with Crippen molar-refractivity contribution in [1.82, 2.24) is 5.32 Å². The van der Waals surface area contributed by atoms with Crippen molar-refractivity contribution in [2.75, 3.05) is 13.2 Å². The summed E-state index contributed by atoms with van der Waals surface area (Å²) in [5, 5.41) is 6.19.